The van der Waals surface area contributed by atoms with Crippen molar-refractivity contribution >= 4 is 88.7 Å². The Morgan fingerprint density at radius 2 is 1.02 bits per heavy atom. The number of anilines is 4. The molecule has 3 atom stereocenters. The predicted octanol–water partition coefficient (Wildman–Crippen LogP) is 20.5. The molecular weight excluding hydrogens is 1530 g/mol. The maximum Gasteiger partial charge on any atom is 2.00 e. The Bertz CT molecular complexity index is 5810. The molecule has 10 aromatic carbocycles. The summed E-state index contributed by atoms with van der Waals surface area (Å²) < 4.78 is 128. The molecule has 2 N–H and O–H groups in total. The maximum atomic E-state index is 11.2. The molecule has 14 heteroatoms. The number of nitrogens with zero attached hydrogens (tertiary/aromatic N) is 8. The topological polar surface area (TPSA) is 115 Å². The Balaban J connectivity index is 0.000000186. The molecular formula is C80H68N8O4Pt2. The molecule has 14 aromatic rings. The summed E-state index contributed by atoms with van der Waals surface area (Å²) in [5.74, 6) is -7.06. The van der Waals surface area contributed by atoms with Crippen LogP contribution in [0.1, 0.15) is 119 Å². The van der Waals surface area contributed by atoms with Crippen LogP contribution >= 0.6 is 0 Å². The average molecular weight is 1610 g/mol. The molecule has 0 spiro atoms. The molecule has 94 heavy (non-hydrogen) atoms. The normalized spacial score (nSPS) is 17.6. The summed E-state index contributed by atoms with van der Waals surface area (Å²) in [6.45, 7) is 2.72. The van der Waals surface area contributed by atoms with Gasteiger partial charge in [-0.25, -0.2) is 4.98 Å². The van der Waals surface area contributed by atoms with Crippen LogP contribution in [0, 0.1) is 25.5 Å². The van der Waals surface area contributed by atoms with E-state index in [1.54, 1.807) is 71.8 Å². The van der Waals surface area contributed by atoms with Gasteiger partial charge in [-0.1, -0.05) is 175 Å². The molecule has 3 unspecified atom stereocenters. The van der Waals surface area contributed by atoms with Gasteiger partial charge < -0.3 is 43.2 Å². The summed E-state index contributed by atoms with van der Waals surface area (Å²) in [7, 11) is 0. The van der Waals surface area contributed by atoms with Gasteiger partial charge in [-0.3, -0.25) is 9.55 Å². The second kappa shape index (κ2) is 25.7. The number of phenolic OH excluding ortho intramolecular Hbond substituents is 2. The molecule has 4 aromatic heterocycles. The number of aromatic nitrogens is 4. The van der Waals surface area contributed by atoms with Crippen LogP contribution in [0.15, 0.2) is 228 Å². The second-order valence-electron chi connectivity index (χ2n) is 23.0. The number of imidazole rings is 2. The van der Waals surface area contributed by atoms with Crippen LogP contribution in [-0.4, -0.2) is 29.3 Å². The minimum absolute atomic E-state index is 0. The fraction of sp³-hybridized carbons (Fsp3) is 0.150. The van der Waals surface area contributed by atoms with Crippen LogP contribution in [-0.2, 0) is 42.1 Å². The third-order valence-corrected chi connectivity index (χ3v) is 16.8. The van der Waals surface area contributed by atoms with Crippen molar-refractivity contribution in [1.29, 1.82) is 0 Å². The number of hydrogen-bond donors (Lipinski definition) is 2. The van der Waals surface area contributed by atoms with Gasteiger partial charge >= 0.3 is 42.1 Å². The van der Waals surface area contributed by atoms with Crippen molar-refractivity contribution in [2.24, 2.45) is 0 Å². The minimum Gasteiger partial charge on any atom is -0.514 e. The second-order valence-corrected chi connectivity index (χ2v) is 23.0. The van der Waals surface area contributed by atoms with Gasteiger partial charge in [-0.05, 0) is 131 Å². The molecule has 472 valence electrons. The molecule has 0 amide bonds. The van der Waals surface area contributed by atoms with E-state index in [2.05, 4.69) is 12.1 Å². The zero-order valence-electron chi connectivity index (χ0n) is 64.4. The van der Waals surface area contributed by atoms with Gasteiger partial charge in [0.25, 0.3) is 0 Å². The molecule has 0 radical (unpaired) electrons. The smallest absolute Gasteiger partial charge is 0.514 e. The van der Waals surface area contributed by atoms with Crippen molar-refractivity contribution < 1.29 is 79.0 Å². The standard InChI is InChI=1S/2C40H34N4O2.2Pt/c1-25(2)29-14-10-15-30(26(3)4)37(29)44-34-17-7-6-16-33(34)41-40(44)27-11-9-12-28(23-27)42-21-22-43(24-42)38-35(45)20-19-32-31-13-5-8-18-36(31)46-39(32)38;1-25(2)27-14-9-15-28(26(3)4)38(27)44-33-18-11-17-32(37(33)41-40(44)31-13-5-7-20-35(31)45)42-22-23-43(24-42)34-19-10-16-30-29-12-6-8-21-36(29)46-39(30)34;;/h5-22,24-26,45H,1-4H3;5-18,20-26,45H,1-4H3;;/q2*-2;2*+2/i1D3,25D,26D;1D3,3D3,25D,26D;;. The van der Waals surface area contributed by atoms with Crippen molar-refractivity contribution in [3.8, 4) is 45.6 Å². The molecule has 6 heterocycles. The van der Waals surface area contributed by atoms with Crippen molar-refractivity contribution in [2.45, 2.75) is 78.8 Å². The molecule has 0 saturated heterocycles. The van der Waals surface area contributed by atoms with E-state index in [-0.39, 0.29) is 87.4 Å². The first-order valence-electron chi connectivity index (χ1n) is 36.5. The van der Waals surface area contributed by atoms with Gasteiger partial charge in [0, 0.05) is 50.9 Å². The molecule has 16 rings (SSSR count). The molecule has 0 fully saturated rings. The summed E-state index contributed by atoms with van der Waals surface area (Å²) in [5, 5.41) is 26.0. The van der Waals surface area contributed by atoms with E-state index in [1.807, 2.05) is 179 Å². The SMILES string of the molecule is [2H]C(C)(C)c1cccc(C([2H])(C)C([2H])([2H])[2H])c1-n1c(-c2[c-]c(N3C=CN(c4c(O)ccc5c4oc4ccccc45)[CH-]3)ccc2)nc2ccccc21.[2H]C([2H])([2H])C([2H])(C)c1cccc(C([2H])(C)C([2H])([2H])[2H])c1-n1c(-c2ccccc2O)nc2c(N3C=CN(c4[c-]ccc5c4oc4ccccc45)[CH-]3)cccc21.[Pt+2].[Pt+2]. The number of para-hydroxylation sites is 8. The van der Waals surface area contributed by atoms with Crippen LogP contribution in [0.3, 0.4) is 0 Å². The molecule has 12 nitrogen and oxygen atoms in total. The van der Waals surface area contributed by atoms with Gasteiger partial charge in [-0.2, -0.15) is 18.2 Å². The third kappa shape index (κ3) is 10.9. The minimum atomic E-state index is -2.85. The summed E-state index contributed by atoms with van der Waals surface area (Å²) in [6.07, 6.45) is 7.39. The van der Waals surface area contributed by atoms with E-state index < -0.39 is 44.1 Å². The van der Waals surface area contributed by atoms with E-state index in [0.29, 0.717) is 78.6 Å². The van der Waals surface area contributed by atoms with E-state index in [9.17, 15) is 13.0 Å². The monoisotopic (exact) mass is 1610 g/mol. The van der Waals surface area contributed by atoms with E-state index >= 15 is 0 Å². The first-order valence-corrected chi connectivity index (χ1v) is 30.0. The first kappa shape index (κ1) is 49.0. The Kier molecular flexibility index (Phi) is 13.4. The van der Waals surface area contributed by atoms with Crippen molar-refractivity contribution in [3.63, 3.8) is 0 Å². The van der Waals surface area contributed by atoms with Crippen LogP contribution in [0.5, 0.6) is 11.5 Å². The fourth-order valence-corrected chi connectivity index (χ4v) is 12.6. The summed E-state index contributed by atoms with van der Waals surface area (Å²) >= 11 is 0. The molecule has 0 bridgehead atoms. The largest absolute Gasteiger partial charge is 2.00 e. The fourth-order valence-electron chi connectivity index (χ4n) is 12.6. The quantitative estimate of drug-likeness (QED) is 0.115. The van der Waals surface area contributed by atoms with Crippen LogP contribution in [0.2, 0.25) is 0 Å². The van der Waals surface area contributed by atoms with Gasteiger partial charge in [0.1, 0.15) is 34.0 Å². The van der Waals surface area contributed by atoms with Gasteiger partial charge in [-0.15, -0.1) is 43.2 Å². The summed E-state index contributed by atoms with van der Waals surface area (Å²) in [5.41, 5.74) is 9.55. The van der Waals surface area contributed by atoms with Crippen LogP contribution < -0.4 is 19.6 Å². The number of phenols is 2. The van der Waals surface area contributed by atoms with Crippen molar-refractivity contribution in [3.05, 3.63) is 267 Å². The zero-order chi connectivity index (χ0) is 74.2. The molecule has 0 saturated carbocycles. The zero-order valence-corrected chi connectivity index (χ0v) is 55.9. The Morgan fingerprint density at radius 1 is 0.468 bits per heavy atom. The molecule has 2 aliphatic heterocycles. The van der Waals surface area contributed by atoms with E-state index in [1.165, 1.54) is 45.0 Å². The predicted molar refractivity (Wildman–Crippen MR) is 375 cm³/mol. The van der Waals surface area contributed by atoms with Gasteiger partial charge in [0.2, 0.25) is 0 Å². The Morgan fingerprint density at radius 3 is 1.71 bits per heavy atom. The summed E-state index contributed by atoms with van der Waals surface area (Å²) in [6, 6.07) is 64.5. The van der Waals surface area contributed by atoms with Crippen LogP contribution in [0.4, 0.5) is 22.7 Å². The Hall–Kier alpha value is -9.60. The maximum absolute atomic E-state index is 11.2. The number of fused-ring (bicyclic) bond motifs is 8. The van der Waals surface area contributed by atoms with Crippen LogP contribution in [0.25, 0.3) is 100 Å². The third-order valence-electron chi connectivity index (χ3n) is 16.8. The van der Waals surface area contributed by atoms with Gasteiger partial charge in [0.05, 0.1) is 39.3 Å². The van der Waals surface area contributed by atoms with E-state index in [0.717, 1.165) is 32.7 Å². The van der Waals surface area contributed by atoms with Gasteiger partial charge in [0.15, 0.2) is 5.58 Å². The number of aromatic hydroxyl groups is 2. The summed E-state index contributed by atoms with van der Waals surface area (Å²) in [4.78, 5) is 17.5. The van der Waals surface area contributed by atoms with E-state index in [4.69, 9.17) is 33.9 Å². The molecule has 2 aliphatic rings. The van der Waals surface area contributed by atoms with Crippen molar-refractivity contribution in [1.82, 2.24) is 19.1 Å². The number of furan rings is 2. The van der Waals surface area contributed by atoms with Crippen molar-refractivity contribution in [2.75, 3.05) is 19.6 Å². The first-order chi connectivity index (χ1) is 49.7. The number of rotatable bonds is 12. The average Bonchev–Trinajstić information content (AvgIpc) is 1.69. The molecule has 0 aliphatic carbocycles. The number of benzene rings is 10. The Labute approximate surface area is 594 Å². The number of hydrogen-bond acceptors (Lipinski definition) is 10.